The second-order valence-electron chi connectivity index (χ2n) is 4.52. The van der Waals surface area contributed by atoms with Gasteiger partial charge in [0.15, 0.2) is 0 Å². The number of rotatable bonds is 3. The Bertz CT molecular complexity index is 359. The summed E-state index contributed by atoms with van der Waals surface area (Å²) in [5.41, 5.74) is 9.20. The lowest BCUT2D eigenvalue weighted by Gasteiger charge is -2.24. The van der Waals surface area contributed by atoms with Crippen molar-refractivity contribution in [1.29, 1.82) is 0 Å². The maximum Gasteiger partial charge on any atom is 0.0750 e. The average molecular weight is 220 g/mol. The van der Waals surface area contributed by atoms with E-state index in [4.69, 9.17) is 10.5 Å². The Morgan fingerprint density at radius 3 is 3.00 bits per heavy atom. The van der Waals surface area contributed by atoms with Crippen LogP contribution in [0.3, 0.4) is 0 Å². The highest BCUT2D eigenvalue weighted by molar-refractivity contribution is 5.70. The van der Waals surface area contributed by atoms with Gasteiger partial charge in [-0.3, -0.25) is 0 Å². The number of nitrogens with zero attached hydrogens (tertiary/aromatic N) is 1. The lowest BCUT2D eigenvalue weighted by molar-refractivity contribution is 0.116. The summed E-state index contributed by atoms with van der Waals surface area (Å²) in [5.74, 6) is 0. The maximum absolute atomic E-state index is 6.08. The molecule has 0 bridgehead atoms. The summed E-state index contributed by atoms with van der Waals surface area (Å²) in [4.78, 5) is 2.19. The number of hydrogen-bond donors (Lipinski definition) is 1. The van der Waals surface area contributed by atoms with Gasteiger partial charge < -0.3 is 15.4 Å². The molecule has 1 atom stereocenters. The molecule has 0 amide bonds. The highest BCUT2D eigenvalue weighted by Gasteiger charge is 2.18. The van der Waals surface area contributed by atoms with Crippen molar-refractivity contribution >= 4 is 11.4 Å². The number of para-hydroxylation sites is 1. The van der Waals surface area contributed by atoms with E-state index in [0.717, 1.165) is 36.5 Å². The summed E-state index contributed by atoms with van der Waals surface area (Å²) in [6, 6.07) is 6.16. The second-order valence-corrected chi connectivity index (χ2v) is 4.52. The third-order valence-corrected chi connectivity index (χ3v) is 3.21. The Morgan fingerprint density at radius 2 is 2.31 bits per heavy atom. The summed E-state index contributed by atoms with van der Waals surface area (Å²) >= 11 is 0. The normalized spacial score (nSPS) is 20.0. The fourth-order valence-electron chi connectivity index (χ4n) is 2.19. The van der Waals surface area contributed by atoms with Gasteiger partial charge in [0.1, 0.15) is 0 Å². The van der Waals surface area contributed by atoms with Crippen LogP contribution in [0.1, 0.15) is 18.4 Å². The molecule has 88 valence electrons. The third kappa shape index (κ3) is 2.30. The van der Waals surface area contributed by atoms with Crippen LogP contribution in [0, 0.1) is 6.92 Å². The topological polar surface area (TPSA) is 38.5 Å². The molecule has 16 heavy (non-hydrogen) atoms. The molecule has 1 aromatic rings. The molecular weight excluding hydrogens is 200 g/mol. The van der Waals surface area contributed by atoms with E-state index in [9.17, 15) is 0 Å². The van der Waals surface area contributed by atoms with Gasteiger partial charge in [0.2, 0.25) is 0 Å². The number of anilines is 2. The van der Waals surface area contributed by atoms with Crippen molar-refractivity contribution in [3.05, 3.63) is 23.8 Å². The number of nitrogen functional groups attached to an aromatic ring is 1. The quantitative estimate of drug-likeness (QED) is 0.794. The molecule has 2 N–H and O–H groups in total. The monoisotopic (exact) mass is 220 g/mol. The van der Waals surface area contributed by atoms with Gasteiger partial charge in [-0.25, -0.2) is 0 Å². The van der Waals surface area contributed by atoms with Crippen molar-refractivity contribution in [2.45, 2.75) is 25.9 Å². The van der Waals surface area contributed by atoms with Crippen LogP contribution in [0.25, 0.3) is 0 Å². The van der Waals surface area contributed by atoms with Crippen molar-refractivity contribution in [3.63, 3.8) is 0 Å². The zero-order valence-corrected chi connectivity index (χ0v) is 10.1. The van der Waals surface area contributed by atoms with Crippen LogP contribution >= 0.6 is 0 Å². The summed E-state index contributed by atoms with van der Waals surface area (Å²) in [6.07, 6.45) is 2.71. The Kier molecular flexibility index (Phi) is 3.34. The maximum atomic E-state index is 6.08. The first-order valence-corrected chi connectivity index (χ1v) is 5.86. The van der Waals surface area contributed by atoms with Crippen LogP contribution in [0.4, 0.5) is 11.4 Å². The molecule has 1 saturated heterocycles. The molecule has 0 saturated carbocycles. The van der Waals surface area contributed by atoms with Crippen molar-refractivity contribution in [2.24, 2.45) is 0 Å². The smallest absolute Gasteiger partial charge is 0.0750 e. The zero-order chi connectivity index (χ0) is 11.5. The molecule has 3 heteroatoms. The Morgan fingerprint density at radius 1 is 1.50 bits per heavy atom. The first-order chi connectivity index (χ1) is 7.68. The molecule has 0 radical (unpaired) electrons. The molecule has 1 aromatic carbocycles. The van der Waals surface area contributed by atoms with E-state index in [1.165, 1.54) is 6.42 Å². The molecule has 2 rings (SSSR count). The van der Waals surface area contributed by atoms with E-state index < -0.39 is 0 Å². The standard InChI is InChI=1S/C13H20N2O/c1-10-5-3-7-12(13(10)14)15(2)9-11-6-4-8-16-11/h3,5,7,11H,4,6,8-9,14H2,1-2H3. The van der Waals surface area contributed by atoms with E-state index in [1.54, 1.807) is 0 Å². The molecule has 1 heterocycles. The van der Waals surface area contributed by atoms with Gasteiger partial charge in [-0.05, 0) is 31.4 Å². The number of aryl methyl sites for hydroxylation is 1. The second kappa shape index (κ2) is 4.74. The number of benzene rings is 1. The van der Waals surface area contributed by atoms with Gasteiger partial charge in [0.25, 0.3) is 0 Å². The van der Waals surface area contributed by atoms with Crippen LogP contribution in [0.15, 0.2) is 18.2 Å². The Balaban J connectivity index is 2.07. The lowest BCUT2D eigenvalue weighted by Crippen LogP contribution is -2.29. The van der Waals surface area contributed by atoms with E-state index in [0.29, 0.717) is 6.10 Å². The van der Waals surface area contributed by atoms with E-state index in [1.807, 2.05) is 19.1 Å². The molecule has 0 spiro atoms. The molecule has 1 fully saturated rings. The molecule has 0 aromatic heterocycles. The van der Waals surface area contributed by atoms with Gasteiger partial charge in [-0.15, -0.1) is 0 Å². The summed E-state index contributed by atoms with van der Waals surface area (Å²) in [7, 11) is 2.08. The molecule has 0 aliphatic carbocycles. The molecular formula is C13H20N2O. The van der Waals surface area contributed by atoms with Crippen molar-refractivity contribution in [1.82, 2.24) is 0 Å². The highest BCUT2D eigenvalue weighted by atomic mass is 16.5. The van der Waals surface area contributed by atoms with E-state index >= 15 is 0 Å². The first-order valence-electron chi connectivity index (χ1n) is 5.86. The molecule has 1 aliphatic heterocycles. The zero-order valence-electron chi connectivity index (χ0n) is 10.1. The van der Waals surface area contributed by atoms with Gasteiger partial charge in [-0.1, -0.05) is 12.1 Å². The molecule has 3 nitrogen and oxygen atoms in total. The summed E-state index contributed by atoms with van der Waals surface area (Å²) < 4.78 is 5.63. The summed E-state index contributed by atoms with van der Waals surface area (Å²) in [5, 5.41) is 0. The van der Waals surface area contributed by atoms with Crippen LogP contribution in [-0.4, -0.2) is 26.3 Å². The minimum atomic E-state index is 0.366. The molecule has 1 unspecified atom stereocenters. The minimum absolute atomic E-state index is 0.366. The van der Waals surface area contributed by atoms with E-state index in [2.05, 4.69) is 18.0 Å². The number of nitrogens with two attached hydrogens (primary N) is 1. The molecule has 1 aliphatic rings. The SMILES string of the molecule is Cc1cccc(N(C)CC2CCCO2)c1N. The lowest BCUT2D eigenvalue weighted by atomic mass is 10.1. The Hall–Kier alpha value is -1.22. The van der Waals surface area contributed by atoms with Crippen molar-refractivity contribution in [3.8, 4) is 0 Å². The minimum Gasteiger partial charge on any atom is -0.397 e. The number of hydrogen-bond acceptors (Lipinski definition) is 3. The van der Waals surface area contributed by atoms with Crippen molar-refractivity contribution in [2.75, 3.05) is 30.8 Å². The van der Waals surface area contributed by atoms with Crippen LogP contribution in [0.5, 0.6) is 0 Å². The predicted octanol–water partition coefficient (Wildman–Crippen LogP) is 2.19. The van der Waals surface area contributed by atoms with E-state index in [-0.39, 0.29) is 0 Å². The summed E-state index contributed by atoms with van der Waals surface area (Å²) in [6.45, 7) is 3.87. The Labute approximate surface area is 97.2 Å². The van der Waals surface area contributed by atoms with Gasteiger partial charge in [0, 0.05) is 20.2 Å². The van der Waals surface area contributed by atoms with Gasteiger partial charge >= 0.3 is 0 Å². The number of likely N-dealkylation sites (N-methyl/N-ethyl adjacent to an activating group) is 1. The van der Waals surface area contributed by atoms with Gasteiger partial charge in [0.05, 0.1) is 17.5 Å². The van der Waals surface area contributed by atoms with Crippen LogP contribution < -0.4 is 10.6 Å². The number of ether oxygens (including phenoxy) is 1. The highest BCUT2D eigenvalue weighted by Crippen LogP contribution is 2.26. The largest absolute Gasteiger partial charge is 0.397 e. The first kappa shape index (κ1) is 11.3. The fraction of sp³-hybridized carbons (Fsp3) is 0.538. The fourth-order valence-corrected chi connectivity index (χ4v) is 2.19. The van der Waals surface area contributed by atoms with Gasteiger partial charge in [-0.2, -0.15) is 0 Å². The third-order valence-electron chi connectivity index (χ3n) is 3.21. The average Bonchev–Trinajstić information content (AvgIpc) is 2.74. The predicted molar refractivity (Wildman–Crippen MR) is 67.8 cm³/mol. The van der Waals surface area contributed by atoms with Crippen molar-refractivity contribution < 1.29 is 4.74 Å². The van der Waals surface area contributed by atoms with Crippen LogP contribution in [-0.2, 0) is 4.74 Å². The van der Waals surface area contributed by atoms with Crippen LogP contribution in [0.2, 0.25) is 0 Å².